The minimum atomic E-state index is -0.743. The van der Waals surface area contributed by atoms with E-state index in [0.717, 1.165) is 28.7 Å². The van der Waals surface area contributed by atoms with Gasteiger partial charge in [0.25, 0.3) is 0 Å². The molecule has 1 N–H and O–H groups in total. The maximum absolute atomic E-state index is 13.8. The molecule has 0 aliphatic carbocycles. The molecule has 78 valence electrons. The lowest BCUT2D eigenvalue weighted by Crippen LogP contribution is -2.33. The van der Waals surface area contributed by atoms with Gasteiger partial charge in [0.05, 0.1) is 0 Å². The quantitative estimate of drug-likeness (QED) is 0.895. The second kappa shape index (κ2) is 4.73. The van der Waals surface area contributed by atoms with Gasteiger partial charge in [-0.05, 0) is 46.8 Å². The molecule has 14 heavy (non-hydrogen) atoms. The Hall–Kier alpha value is 0.0700. The van der Waals surface area contributed by atoms with Gasteiger partial charge < -0.3 is 5.32 Å². The summed E-state index contributed by atoms with van der Waals surface area (Å²) in [5.74, 6) is 0. The molecular formula is C10H13BrFNS. The van der Waals surface area contributed by atoms with Crippen molar-refractivity contribution in [3.8, 4) is 0 Å². The Kier molecular flexibility index (Phi) is 3.57. The number of rotatable bonds is 3. The van der Waals surface area contributed by atoms with Crippen molar-refractivity contribution in [2.45, 2.75) is 31.5 Å². The van der Waals surface area contributed by atoms with Gasteiger partial charge in [0.15, 0.2) is 0 Å². The average molecular weight is 278 g/mol. The largest absolute Gasteiger partial charge is 0.311 e. The second-order valence-electron chi connectivity index (χ2n) is 3.61. The molecule has 1 nitrogen and oxygen atoms in total. The minimum Gasteiger partial charge on any atom is -0.311 e. The summed E-state index contributed by atoms with van der Waals surface area (Å²) in [5, 5.41) is 5.20. The molecule has 0 saturated carbocycles. The highest BCUT2D eigenvalue weighted by Gasteiger charge is 2.25. The molecule has 2 atom stereocenters. The molecule has 1 aromatic heterocycles. The lowest BCUT2D eigenvalue weighted by molar-refractivity contribution is 0.265. The van der Waals surface area contributed by atoms with Crippen LogP contribution in [0.1, 0.15) is 17.7 Å². The van der Waals surface area contributed by atoms with Crippen molar-refractivity contribution in [1.82, 2.24) is 5.32 Å². The standard InChI is InChI=1S/C10H13BrFNS/c11-7-3-5-14-10(7)6-8(12)9-2-1-4-13-9/h3,5,8-9,13H,1-2,4,6H2. The van der Waals surface area contributed by atoms with Crippen LogP contribution in [0, 0.1) is 0 Å². The van der Waals surface area contributed by atoms with E-state index in [2.05, 4.69) is 21.2 Å². The van der Waals surface area contributed by atoms with E-state index in [-0.39, 0.29) is 6.04 Å². The van der Waals surface area contributed by atoms with Gasteiger partial charge in [-0.2, -0.15) is 0 Å². The first-order valence-corrected chi connectivity index (χ1v) is 6.54. The summed E-state index contributed by atoms with van der Waals surface area (Å²) in [6, 6.07) is 2.05. The summed E-state index contributed by atoms with van der Waals surface area (Å²) in [6.07, 6.45) is 1.88. The number of thiophene rings is 1. The zero-order valence-electron chi connectivity index (χ0n) is 7.80. The number of nitrogens with one attached hydrogen (secondary N) is 1. The van der Waals surface area contributed by atoms with Crippen LogP contribution >= 0.6 is 27.3 Å². The normalized spacial score (nSPS) is 24.0. The van der Waals surface area contributed by atoms with Gasteiger partial charge in [0, 0.05) is 21.8 Å². The number of halogens is 2. The van der Waals surface area contributed by atoms with Crippen LogP contribution in [-0.4, -0.2) is 18.8 Å². The smallest absolute Gasteiger partial charge is 0.120 e. The summed E-state index contributed by atoms with van der Waals surface area (Å²) < 4.78 is 14.8. The molecule has 1 aliphatic heterocycles. The zero-order valence-corrected chi connectivity index (χ0v) is 10.2. The predicted molar refractivity (Wildman–Crippen MR) is 61.6 cm³/mol. The highest BCUT2D eigenvalue weighted by Crippen LogP contribution is 2.26. The SMILES string of the molecule is FC(Cc1sccc1Br)C1CCCN1. The number of hydrogen-bond acceptors (Lipinski definition) is 2. The van der Waals surface area contributed by atoms with Gasteiger partial charge in [-0.1, -0.05) is 0 Å². The van der Waals surface area contributed by atoms with E-state index in [1.165, 1.54) is 0 Å². The van der Waals surface area contributed by atoms with Gasteiger partial charge in [-0.25, -0.2) is 4.39 Å². The van der Waals surface area contributed by atoms with Gasteiger partial charge >= 0.3 is 0 Å². The molecule has 0 bridgehead atoms. The van der Waals surface area contributed by atoms with E-state index in [1.807, 2.05) is 11.4 Å². The lowest BCUT2D eigenvalue weighted by atomic mass is 10.1. The van der Waals surface area contributed by atoms with E-state index in [9.17, 15) is 4.39 Å². The van der Waals surface area contributed by atoms with Crippen LogP contribution in [0.4, 0.5) is 4.39 Å². The van der Waals surface area contributed by atoms with E-state index < -0.39 is 6.17 Å². The third-order valence-corrected chi connectivity index (χ3v) is 4.56. The topological polar surface area (TPSA) is 12.0 Å². The summed E-state index contributed by atoms with van der Waals surface area (Å²) in [5.41, 5.74) is 0. The molecule has 4 heteroatoms. The van der Waals surface area contributed by atoms with Crippen molar-refractivity contribution < 1.29 is 4.39 Å². The van der Waals surface area contributed by atoms with Crippen LogP contribution in [0.2, 0.25) is 0 Å². The maximum Gasteiger partial charge on any atom is 0.120 e. The summed E-state index contributed by atoms with van der Waals surface area (Å²) in [7, 11) is 0. The molecule has 0 aromatic carbocycles. The summed E-state index contributed by atoms with van der Waals surface area (Å²) in [6.45, 7) is 0.969. The van der Waals surface area contributed by atoms with Gasteiger partial charge in [0.1, 0.15) is 6.17 Å². The predicted octanol–water partition coefficient (Wildman–Crippen LogP) is 3.14. The molecule has 1 saturated heterocycles. The summed E-state index contributed by atoms with van der Waals surface area (Å²) >= 11 is 5.05. The van der Waals surface area contributed by atoms with Gasteiger partial charge in [-0.3, -0.25) is 0 Å². The maximum atomic E-state index is 13.8. The molecule has 2 heterocycles. The first kappa shape index (κ1) is 10.6. The number of alkyl halides is 1. The molecule has 1 fully saturated rings. The van der Waals surface area contributed by atoms with Crippen molar-refractivity contribution in [1.29, 1.82) is 0 Å². The Morgan fingerprint density at radius 2 is 2.57 bits per heavy atom. The zero-order chi connectivity index (χ0) is 9.97. The number of hydrogen-bond donors (Lipinski definition) is 1. The molecule has 2 rings (SSSR count). The molecule has 0 spiro atoms. The Labute approximate surface area is 95.8 Å². The fourth-order valence-corrected chi connectivity index (χ4v) is 3.36. The molecule has 0 radical (unpaired) electrons. The van der Waals surface area contributed by atoms with E-state index in [4.69, 9.17) is 0 Å². The Bertz CT molecular complexity index is 296. The highest BCUT2D eigenvalue weighted by atomic mass is 79.9. The van der Waals surface area contributed by atoms with Crippen LogP contribution in [0.5, 0.6) is 0 Å². The van der Waals surface area contributed by atoms with Gasteiger partial charge in [-0.15, -0.1) is 11.3 Å². The Morgan fingerprint density at radius 1 is 1.71 bits per heavy atom. The first-order chi connectivity index (χ1) is 6.77. The summed E-state index contributed by atoms with van der Waals surface area (Å²) in [4.78, 5) is 1.12. The fourth-order valence-electron chi connectivity index (χ4n) is 1.81. The minimum absolute atomic E-state index is 0.0731. The van der Waals surface area contributed by atoms with Crippen molar-refractivity contribution in [2.24, 2.45) is 0 Å². The van der Waals surface area contributed by atoms with E-state index in [1.54, 1.807) is 11.3 Å². The van der Waals surface area contributed by atoms with Crippen molar-refractivity contribution in [3.63, 3.8) is 0 Å². The molecule has 1 aromatic rings. The van der Waals surface area contributed by atoms with E-state index in [0.29, 0.717) is 6.42 Å². The van der Waals surface area contributed by atoms with Crippen molar-refractivity contribution in [3.05, 3.63) is 20.8 Å². The van der Waals surface area contributed by atoms with E-state index >= 15 is 0 Å². The van der Waals surface area contributed by atoms with Gasteiger partial charge in [0.2, 0.25) is 0 Å². The van der Waals surface area contributed by atoms with Crippen LogP contribution in [0.3, 0.4) is 0 Å². The Balaban J connectivity index is 1.93. The average Bonchev–Trinajstić information content (AvgIpc) is 2.77. The third kappa shape index (κ3) is 2.35. The van der Waals surface area contributed by atoms with Crippen LogP contribution in [0.15, 0.2) is 15.9 Å². The molecule has 2 unspecified atom stereocenters. The van der Waals surface area contributed by atoms with Crippen LogP contribution < -0.4 is 5.32 Å². The third-order valence-electron chi connectivity index (χ3n) is 2.61. The molecule has 1 aliphatic rings. The lowest BCUT2D eigenvalue weighted by Gasteiger charge is -2.15. The van der Waals surface area contributed by atoms with Crippen molar-refractivity contribution >= 4 is 27.3 Å². The molecular weight excluding hydrogens is 265 g/mol. The highest BCUT2D eigenvalue weighted by molar-refractivity contribution is 9.10. The molecule has 0 amide bonds. The van der Waals surface area contributed by atoms with Crippen LogP contribution in [0.25, 0.3) is 0 Å². The van der Waals surface area contributed by atoms with Crippen LogP contribution in [-0.2, 0) is 6.42 Å². The second-order valence-corrected chi connectivity index (χ2v) is 5.47. The van der Waals surface area contributed by atoms with Crippen molar-refractivity contribution in [2.75, 3.05) is 6.54 Å². The monoisotopic (exact) mass is 277 g/mol. The first-order valence-electron chi connectivity index (χ1n) is 4.86. The fraction of sp³-hybridized carbons (Fsp3) is 0.600. The Morgan fingerprint density at radius 3 is 3.14 bits per heavy atom.